The molecule has 3 nitrogen and oxygen atoms in total. The third-order valence-electron chi connectivity index (χ3n) is 3.75. The van der Waals surface area contributed by atoms with Gasteiger partial charge in [0.05, 0.1) is 5.69 Å². The molecule has 0 unspecified atom stereocenters. The van der Waals surface area contributed by atoms with Crippen LogP contribution >= 0.6 is 11.3 Å². The summed E-state index contributed by atoms with van der Waals surface area (Å²) in [5.74, 6) is 0.725. The predicted molar refractivity (Wildman–Crippen MR) is 77.2 cm³/mol. The van der Waals surface area contributed by atoms with E-state index in [1.54, 1.807) is 0 Å². The Morgan fingerprint density at radius 2 is 1.95 bits per heavy atom. The summed E-state index contributed by atoms with van der Waals surface area (Å²) in [6.45, 7) is 0.999. The summed E-state index contributed by atoms with van der Waals surface area (Å²) in [6.07, 6.45) is 9.00. The van der Waals surface area contributed by atoms with Gasteiger partial charge >= 0.3 is 0 Å². The first-order chi connectivity index (χ1) is 9.40. The van der Waals surface area contributed by atoms with Crippen LogP contribution in [0.4, 0.5) is 0 Å². The summed E-state index contributed by atoms with van der Waals surface area (Å²) in [6, 6.07) is 4.86. The number of thiazole rings is 1. The Bertz CT molecular complexity index is 570. The zero-order valence-corrected chi connectivity index (χ0v) is 11.6. The normalized spacial score (nSPS) is 18.7. The number of pyridine rings is 1. The minimum absolute atomic E-state index is 0.725. The van der Waals surface area contributed by atoms with Crippen molar-refractivity contribution in [2.45, 2.75) is 44.2 Å². The van der Waals surface area contributed by atoms with E-state index in [2.05, 4.69) is 10.3 Å². The Morgan fingerprint density at radius 3 is 2.63 bits per heavy atom. The van der Waals surface area contributed by atoms with E-state index in [1.807, 2.05) is 35.9 Å². The molecule has 0 spiro atoms. The van der Waals surface area contributed by atoms with Gasteiger partial charge < -0.3 is 5.32 Å². The highest BCUT2D eigenvalue weighted by Crippen LogP contribution is 2.44. The zero-order valence-electron chi connectivity index (χ0n) is 10.8. The van der Waals surface area contributed by atoms with Crippen LogP contribution in [0.2, 0.25) is 0 Å². The van der Waals surface area contributed by atoms with E-state index in [-0.39, 0.29) is 0 Å². The molecule has 1 N–H and O–H groups in total. The number of aromatic nitrogens is 2. The maximum Gasteiger partial charge on any atom is 0.124 e. The molecular weight excluding hydrogens is 254 g/mol. The summed E-state index contributed by atoms with van der Waals surface area (Å²) in [4.78, 5) is 10.4. The van der Waals surface area contributed by atoms with Crippen molar-refractivity contribution in [2.75, 3.05) is 0 Å². The number of hydrogen-bond acceptors (Lipinski definition) is 4. The van der Waals surface area contributed by atoms with Gasteiger partial charge in [-0.05, 0) is 37.8 Å². The Balaban J connectivity index is 1.62. The third-order valence-corrected chi connectivity index (χ3v) is 4.87. The smallest absolute Gasteiger partial charge is 0.124 e. The summed E-state index contributed by atoms with van der Waals surface area (Å²) < 4.78 is 0. The number of rotatable bonds is 5. The van der Waals surface area contributed by atoms with Crippen molar-refractivity contribution >= 4 is 11.3 Å². The topological polar surface area (TPSA) is 37.8 Å². The van der Waals surface area contributed by atoms with Crippen LogP contribution in [-0.2, 0) is 6.54 Å². The quantitative estimate of drug-likeness (QED) is 0.906. The van der Waals surface area contributed by atoms with E-state index in [9.17, 15) is 0 Å². The highest BCUT2D eigenvalue weighted by molar-refractivity contribution is 7.15. The Hall–Kier alpha value is -1.26. The average molecular weight is 271 g/mol. The Morgan fingerprint density at radius 1 is 1.16 bits per heavy atom. The average Bonchev–Trinajstić information content (AvgIpc) is 3.37. The Labute approximate surface area is 117 Å². The van der Waals surface area contributed by atoms with Crippen LogP contribution in [-0.4, -0.2) is 16.0 Å². The second-order valence-electron chi connectivity index (χ2n) is 5.49. The molecule has 2 saturated carbocycles. The van der Waals surface area contributed by atoms with Crippen molar-refractivity contribution in [3.05, 3.63) is 35.1 Å². The standard InChI is InChI=1S/C15H17N3S/c1-2-10(1)14-13(9-17-12-3-4-12)19-15(18-14)11-5-7-16-8-6-11/h5-8,10,12,17H,1-4,9H2. The second kappa shape index (κ2) is 4.69. The fourth-order valence-electron chi connectivity index (χ4n) is 2.31. The Kier molecular flexibility index (Phi) is 2.85. The lowest BCUT2D eigenvalue weighted by Crippen LogP contribution is -2.15. The highest BCUT2D eigenvalue weighted by Gasteiger charge is 2.30. The minimum Gasteiger partial charge on any atom is -0.309 e. The molecule has 0 saturated heterocycles. The summed E-state index contributed by atoms with van der Waals surface area (Å²) >= 11 is 1.85. The molecule has 0 bridgehead atoms. The van der Waals surface area contributed by atoms with Gasteiger partial charge in [-0.25, -0.2) is 4.98 Å². The lowest BCUT2D eigenvalue weighted by molar-refractivity contribution is 0.688. The predicted octanol–water partition coefficient (Wildman–Crippen LogP) is 3.33. The molecule has 2 aromatic rings. The molecule has 0 radical (unpaired) electrons. The summed E-state index contributed by atoms with van der Waals surface area (Å²) in [5.41, 5.74) is 2.55. The zero-order chi connectivity index (χ0) is 12.7. The van der Waals surface area contributed by atoms with Crippen molar-refractivity contribution < 1.29 is 0 Å². The van der Waals surface area contributed by atoms with Gasteiger partial charge in [-0.1, -0.05) is 0 Å². The monoisotopic (exact) mass is 271 g/mol. The molecule has 0 amide bonds. The van der Waals surface area contributed by atoms with Gasteiger partial charge in [0.1, 0.15) is 5.01 Å². The summed E-state index contributed by atoms with van der Waals surface area (Å²) in [7, 11) is 0. The first-order valence-electron chi connectivity index (χ1n) is 7.03. The van der Waals surface area contributed by atoms with Crippen LogP contribution in [0, 0.1) is 0 Å². The molecule has 2 aliphatic rings. The molecule has 4 rings (SSSR count). The fourth-order valence-corrected chi connectivity index (χ4v) is 3.41. The first kappa shape index (κ1) is 11.6. The van der Waals surface area contributed by atoms with Crippen molar-refractivity contribution in [1.82, 2.24) is 15.3 Å². The maximum absolute atomic E-state index is 4.89. The number of nitrogens with one attached hydrogen (secondary N) is 1. The molecule has 0 atom stereocenters. The van der Waals surface area contributed by atoms with E-state index in [4.69, 9.17) is 4.98 Å². The van der Waals surface area contributed by atoms with Crippen molar-refractivity contribution in [3.63, 3.8) is 0 Å². The molecule has 19 heavy (non-hydrogen) atoms. The highest BCUT2D eigenvalue weighted by atomic mass is 32.1. The maximum atomic E-state index is 4.89. The molecule has 0 aromatic carbocycles. The van der Waals surface area contributed by atoms with Crippen LogP contribution in [0.1, 0.15) is 42.2 Å². The molecule has 2 aromatic heterocycles. The van der Waals surface area contributed by atoms with Gasteiger partial charge in [-0.2, -0.15) is 0 Å². The fraction of sp³-hybridized carbons (Fsp3) is 0.467. The van der Waals surface area contributed by atoms with Gasteiger partial charge in [0.2, 0.25) is 0 Å². The molecule has 2 fully saturated rings. The van der Waals surface area contributed by atoms with Crippen LogP contribution in [0.25, 0.3) is 10.6 Å². The number of nitrogens with zero attached hydrogens (tertiary/aromatic N) is 2. The first-order valence-corrected chi connectivity index (χ1v) is 7.85. The van der Waals surface area contributed by atoms with Crippen molar-refractivity contribution in [1.29, 1.82) is 0 Å². The third kappa shape index (κ3) is 2.55. The minimum atomic E-state index is 0.725. The van der Waals surface area contributed by atoms with E-state index in [0.717, 1.165) is 23.5 Å². The van der Waals surface area contributed by atoms with Gasteiger partial charge in [0, 0.05) is 41.3 Å². The van der Waals surface area contributed by atoms with Gasteiger partial charge in [0.25, 0.3) is 0 Å². The second-order valence-corrected chi connectivity index (χ2v) is 6.58. The lowest BCUT2D eigenvalue weighted by Gasteiger charge is -2.01. The van der Waals surface area contributed by atoms with E-state index >= 15 is 0 Å². The van der Waals surface area contributed by atoms with Crippen LogP contribution in [0.15, 0.2) is 24.5 Å². The van der Waals surface area contributed by atoms with Crippen molar-refractivity contribution in [3.8, 4) is 10.6 Å². The van der Waals surface area contributed by atoms with E-state index in [1.165, 1.54) is 41.8 Å². The van der Waals surface area contributed by atoms with Gasteiger partial charge in [0.15, 0.2) is 0 Å². The van der Waals surface area contributed by atoms with Gasteiger partial charge in [-0.3, -0.25) is 4.98 Å². The molecule has 0 aliphatic heterocycles. The molecule has 98 valence electrons. The van der Waals surface area contributed by atoms with Gasteiger partial charge in [-0.15, -0.1) is 11.3 Å². The molecular formula is C15H17N3S. The molecule has 2 heterocycles. The van der Waals surface area contributed by atoms with Crippen LogP contribution < -0.4 is 5.32 Å². The number of hydrogen-bond donors (Lipinski definition) is 1. The van der Waals surface area contributed by atoms with Crippen molar-refractivity contribution in [2.24, 2.45) is 0 Å². The van der Waals surface area contributed by atoms with E-state index < -0.39 is 0 Å². The lowest BCUT2D eigenvalue weighted by atomic mass is 10.2. The SMILES string of the molecule is c1cc(-c2nc(C3CC3)c(CNC3CC3)s2)ccn1. The molecule has 2 aliphatic carbocycles. The van der Waals surface area contributed by atoms with Crippen LogP contribution in [0.3, 0.4) is 0 Å². The largest absolute Gasteiger partial charge is 0.309 e. The van der Waals surface area contributed by atoms with E-state index in [0.29, 0.717) is 0 Å². The van der Waals surface area contributed by atoms with Crippen LogP contribution in [0.5, 0.6) is 0 Å². The summed E-state index contributed by atoms with van der Waals surface area (Å²) in [5, 5.41) is 4.77. The molecule has 4 heteroatoms.